The van der Waals surface area contributed by atoms with Gasteiger partial charge in [-0.2, -0.15) is 5.10 Å². The van der Waals surface area contributed by atoms with Crippen LogP contribution in [0.25, 0.3) is 0 Å². The predicted molar refractivity (Wildman–Crippen MR) is 95.5 cm³/mol. The molecular weight excluding hydrogens is 445 g/mol. The van der Waals surface area contributed by atoms with E-state index in [4.69, 9.17) is 5.84 Å². The van der Waals surface area contributed by atoms with E-state index in [-0.39, 0.29) is 6.04 Å². The van der Waals surface area contributed by atoms with Crippen molar-refractivity contribution >= 4 is 38.5 Å². The maximum absolute atomic E-state index is 5.76. The van der Waals surface area contributed by atoms with Crippen molar-refractivity contribution in [3.8, 4) is 0 Å². The maximum atomic E-state index is 5.76. The minimum atomic E-state index is -0.01000. The third-order valence-corrected chi connectivity index (χ3v) is 4.55. The third-order valence-electron chi connectivity index (χ3n) is 3.16. The Morgan fingerprint density at radius 1 is 1.43 bits per heavy atom. The molecule has 1 aromatic heterocycles. The Kier molecular flexibility index (Phi) is 6.15. The molecule has 2 aromatic rings. The average molecular weight is 464 g/mol. The molecule has 0 radical (unpaired) electrons. The van der Waals surface area contributed by atoms with Crippen LogP contribution in [0.5, 0.6) is 0 Å². The number of benzene rings is 1. The van der Waals surface area contributed by atoms with Crippen molar-refractivity contribution in [1.82, 2.24) is 20.2 Å². The Balaban J connectivity index is 2.23. The molecular formula is C14H19BrIN5. The lowest BCUT2D eigenvalue weighted by Crippen LogP contribution is -2.31. The van der Waals surface area contributed by atoms with E-state index in [0.29, 0.717) is 12.3 Å². The number of hydrogen-bond donors (Lipinski definition) is 2. The van der Waals surface area contributed by atoms with Gasteiger partial charge in [0.15, 0.2) is 0 Å². The summed E-state index contributed by atoms with van der Waals surface area (Å²) in [6, 6.07) is 6.21. The highest BCUT2D eigenvalue weighted by molar-refractivity contribution is 14.1. The summed E-state index contributed by atoms with van der Waals surface area (Å²) in [6.45, 7) is 5.20. The lowest BCUT2D eigenvalue weighted by Gasteiger charge is -2.18. The second-order valence-corrected chi connectivity index (χ2v) is 7.44. The van der Waals surface area contributed by atoms with Gasteiger partial charge < -0.3 is 0 Å². The smallest absolute Gasteiger partial charge is 0.138 e. The van der Waals surface area contributed by atoms with Crippen molar-refractivity contribution in [2.24, 2.45) is 11.8 Å². The van der Waals surface area contributed by atoms with Crippen molar-refractivity contribution in [1.29, 1.82) is 0 Å². The summed E-state index contributed by atoms with van der Waals surface area (Å²) < 4.78 is 4.17. The number of aromatic nitrogens is 3. The fourth-order valence-electron chi connectivity index (χ4n) is 2.17. The highest BCUT2D eigenvalue weighted by Crippen LogP contribution is 2.27. The van der Waals surface area contributed by atoms with Crippen LogP contribution in [0.2, 0.25) is 0 Å². The summed E-state index contributed by atoms with van der Waals surface area (Å²) in [4.78, 5) is 4.37. The molecule has 0 saturated heterocycles. The van der Waals surface area contributed by atoms with Gasteiger partial charge in [0.05, 0.1) is 6.04 Å². The summed E-state index contributed by atoms with van der Waals surface area (Å²) in [5.74, 6) is 7.23. The molecule has 3 N–H and O–H groups in total. The molecule has 0 spiro atoms. The summed E-state index contributed by atoms with van der Waals surface area (Å²) in [7, 11) is 0. The van der Waals surface area contributed by atoms with E-state index in [0.717, 1.165) is 22.4 Å². The molecule has 5 nitrogen and oxygen atoms in total. The van der Waals surface area contributed by atoms with Crippen molar-refractivity contribution < 1.29 is 0 Å². The number of rotatable bonds is 6. The van der Waals surface area contributed by atoms with Crippen LogP contribution in [0.3, 0.4) is 0 Å². The second-order valence-electron chi connectivity index (χ2n) is 5.34. The first-order valence-electron chi connectivity index (χ1n) is 6.79. The van der Waals surface area contributed by atoms with Gasteiger partial charge in [-0.05, 0) is 52.3 Å². The topological polar surface area (TPSA) is 68.8 Å². The zero-order chi connectivity index (χ0) is 15.4. The molecule has 1 aromatic carbocycles. The normalized spacial score (nSPS) is 12.9. The molecule has 2 rings (SSSR count). The van der Waals surface area contributed by atoms with Gasteiger partial charge in [-0.3, -0.25) is 11.3 Å². The lowest BCUT2D eigenvalue weighted by molar-refractivity contribution is 0.446. The molecule has 0 aliphatic heterocycles. The van der Waals surface area contributed by atoms with E-state index in [1.165, 1.54) is 3.57 Å². The molecule has 0 fully saturated rings. The monoisotopic (exact) mass is 463 g/mol. The van der Waals surface area contributed by atoms with E-state index in [9.17, 15) is 0 Å². The van der Waals surface area contributed by atoms with Crippen LogP contribution in [0, 0.1) is 9.49 Å². The third kappa shape index (κ3) is 4.48. The first kappa shape index (κ1) is 16.9. The Labute approximate surface area is 146 Å². The van der Waals surface area contributed by atoms with Crippen molar-refractivity contribution in [2.45, 2.75) is 32.9 Å². The van der Waals surface area contributed by atoms with Crippen LogP contribution < -0.4 is 11.3 Å². The van der Waals surface area contributed by atoms with Crippen LogP contribution >= 0.6 is 38.5 Å². The van der Waals surface area contributed by atoms with Gasteiger partial charge in [-0.15, -0.1) is 0 Å². The lowest BCUT2D eigenvalue weighted by atomic mass is 10.0. The highest BCUT2D eigenvalue weighted by Gasteiger charge is 2.17. The molecule has 1 heterocycles. The fourth-order valence-corrected chi connectivity index (χ4v) is 3.21. The molecule has 7 heteroatoms. The minimum absolute atomic E-state index is 0.01000. The molecule has 1 unspecified atom stereocenters. The van der Waals surface area contributed by atoms with E-state index in [1.54, 1.807) is 6.33 Å². The van der Waals surface area contributed by atoms with Crippen LogP contribution in [0.1, 0.15) is 31.3 Å². The molecule has 21 heavy (non-hydrogen) atoms. The number of nitrogens with one attached hydrogen (secondary N) is 1. The Bertz CT molecular complexity index is 599. The van der Waals surface area contributed by atoms with Crippen LogP contribution in [-0.2, 0) is 13.0 Å². The number of hydrogen-bond acceptors (Lipinski definition) is 4. The Morgan fingerprint density at radius 2 is 2.19 bits per heavy atom. The van der Waals surface area contributed by atoms with Gasteiger partial charge in [0.2, 0.25) is 0 Å². The van der Waals surface area contributed by atoms with Crippen LogP contribution in [0.4, 0.5) is 0 Å². The van der Waals surface area contributed by atoms with Gasteiger partial charge in [0.1, 0.15) is 12.2 Å². The van der Waals surface area contributed by atoms with Crippen molar-refractivity contribution in [3.05, 3.63) is 44.0 Å². The molecule has 0 bridgehead atoms. The summed E-state index contributed by atoms with van der Waals surface area (Å²) in [5.41, 5.74) is 4.02. The number of nitrogens with two attached hydrogens (primary N) is 1. The molecule has 0 saturated carbocycles. The average Bonchev–Trinajstić information content (AvgIpc) is 2.85. The standard InChI is InChI=1S/C14H19BrIN5/c1-9(2)7-21-14(18-8-19-21)6-13(20-17)11-5-10(16)3-4-12(11)15/h3-5,8-9,13,20H,6-7,17H2,1-2H3. The van der Waals surface area contributed by atoms with Gasteiger partial charge in [0.25, 0.3) is 0 Å². The molecule has 1 atom stereocenters. The number of nitrogens with zero attached hydrogens (tertiary/aromatic N) is 3. The van der Waals surface area contributed by atoms with Crippen LogP contribution in [-0.4, -0.2) is 14.8 Å². The van der Waals surface area contributed by atoms with Crippen molar-refractivity contribution in [3.63, 3.8) is 0 Å². The van der Waals surface area contributed by atoms with Gasteiger partial charge in [0, 0.05) is 21.0 Å². The first-order chi connectivity index (χ1) is 10.0. The predicted octanol–water partition coefficient (Wildman–Crippen LogP) is 3.05. The quantitative estimate of drug-likeness (QED) is 0.392. The fraction of sp³-hybridized carbons (Fsp3) is 0.429. The maximum Gasteiger partial charge on any atom is 0.138 e. The van der Waals surface area contributed by atoms with Gasteiger partial charge >= 0.3 is 0 Å². The number of hydrazine groups is 1. The van der Waals surface area contributed by atoms with E-state index >= 15 is 0 Å². The largest absolute Gasteiger partial charge is 0.271 e. The summed E-state index contributed by atoms with van der Waals surface area (Å²) >= 11 is 5.89. The highest BCUT2D eigenvalue weighted by atomic mass is 127. The summed E-state index contributed by atoms with van der Waals surface area (Å²) in [5, 5.41) is 4.30. The molecule has 0 aliphatic rings. The minimum Gasteiger partial charge on any atom is -0.271 e. The summed E-state index contributed by atoms with van der Waals surface area (Å²) in [6.07, 6.45) is 2.30. The molecule has 0 aliphatic carbocycles. The van der Waals surface area contributed by atoms with Crippen LogP contribution in [0.15, 0.2) is 29.0 Å². The Morgan fingerprint density at radius 3 is 2.86 bits per heavy atom. The second kappa shape index (κ2) is 7.66. The zero-order valence-corrected chi connectivity index (χ0v) is 15.8. The Hall–Kier alpha value is -0.510. The van der Waals surface area contributed by atoms with E-state index < -0.39 is 0 Å². The first-order valence-corrected chi connectivity index (χ1v) is 8.66. The van der Waals surface area contributed by atoms with Gasteiger partial charge in [-0.25, -0.2) is 9.67 Å². The molecule has 0 amide bonds. The SMILES string of the molecule is CC(C)Cn1ncnc1CC(NN)c1cc(I)ccc1Br. The van der Waals surface area contributed by atoms with E-state index in [1.807, 2.05) is 10.7 Å². The van der Waals surface area contributed by atoms with Gasteiger partial charge in [-0.1, -0.05) is 29.8 Å². The number of halogens is 2. The van der Waals surface area contributed by atoms with Crippen molar-refractivity contribution in [2.75, 3.05) is 0 Å². The molecule has 114 valence electrons. The van der Waals surface area contributed by atoms with E-state index in [2.05, 4.69) is 80.0 Å². The zero-order valence-electron chi connectivity index (χ0n) is 12.1.